The molecule has 2 aromatic rings. The average Bonchev–Trinajstić information content (AvgIpc) is 3.08. The van der Waals surface area contributed by atoms with E-state index in [4.69, 9.17) is 9.47 Å². The minimum atomic E-state index is -1.32. The standard InChI is InChI=1S/C24H26FN3O5/c1-4-24(17-5-7-18(25)8-6-17)22(30)28(23(31)26-24)14-21(29)27-10-9-15-11-19(32-2)20(33-3)12-16(15)13-27/h5-8,11-12H,4,9-10,13-14H2,1-3H3,(H,26,31). The van der Waals surface area contributed by atoms with Crippen LogP contribution in [0.3, 0.4) is 0 Å². The predicted octanol–water partition coefficient (Wildman–Crippen LogP) is 2.58. The predicted molar refractivity (Wildman–Crippen MR) is 117 cm³/mol. The molecule has 0 aromatic heterocycles. The molecule has 0 bridgehead atoms. The molecule has 2 aliphatic rings. The molecule has 0 saturated carbocycles. The van der Waals surface area contributed by atoms with Gasteiger partial charge in [0.05, 0.1) is 14.2 Å². The van der Waals surface area contributed by atoms with E-state index in [0.717, 1.165) is 16.0 Å². The minimum Gasteiger partial charge on any atom is -0.493 e. The molecule has 1 saturated heterocycles. The van der Waals surface area contributed by atoms with Gasteiger partial charge >= 0.3 is 6.03 Å². The van der Waals surface area contributed by atoms with Crippen LogP contribution in [0.5, 0.6) is 11.5 Å². The second kappa shape index (κ2) is 8.73. The summed E-state index contributed by atoms with van der Waals surface area (Å²) in [7, 11) is 3.12. The SMILES string of the molecule is CCC1(c2ccc(F)cc2)NC(=O)N(CC(=O)N2CCc3cc(OC)c(OC)cc3C2)C1=O. The second-order valence-corrected chi connectivity index (χ2v) is 8.13. The quantitative estimate of drug-likeness (QED) is 0.677. The molecule has 1 unspecified atom stereocenters. The highest BCUT2D eigenvalue weighted by Gasteiger charge is 2.51. The summed E-state index contributed by atoms with van der Waals surface area (Å²) in [5.74, 6) is -0.0732. The van der Waals surface area contributed by atoms with Crippen molar-refractivity contribution >= 4 is 17.8 Å². The summed E-state index contributed by atoms with van der Waals surface area (Å²) in [4.78, 5) is 41.6. The van der Waals surface area contributed by atoms with Crippen molar-refractivity contribution in [1.29, 1.82) is 0 Å². The monoisotopic (exact) mass is 455 g/mol. The maximum absolute atomic E-state index is 13.4. The van der Waals surface area contributed by atoms with Gasteiger partial charge in [0, 0.05) is 13.1 Å². The molecule has 9 heteroatoms. The lowest BCUT2D eigenvalue weighted by molar-refractivity contribution is -0.139. The van der Waals surface area contributed by atoms with Crippen LogP contribution in [-0.2, 0) is 28.1 Å². The maximum Gasteiger partial charge on any atom is 0.325 e. The van der Waals surface area contributed by atoms with Crippen LogP contribution >= 0.6 is 0 Å². The summed E-state index contributed by atoms with van der Waals surface area (Å²) in [6.45, 7) is 2.20. The second-order valence-electron chi connectivity index (χ2n) is 8.13. The number of methoxy groups -OCH3 is 2. The fourth-order valence-electron chi connectivity index (χ4n) is 4.47. The molecule has 1 N–H and O–H groups in total. The van der Waals surface area contributed by atoms with Gasteiger partial charge in [-0.25, -0.2) is 9.18 Å². The molecule has 4 amide bonds. The number of benzene rings is 2. The summed E-state index contributed by atoms with van der Waals surface area (Å²) in [6, 6.07) is 8.56. The Bertz CT molecular complexity index is 1100. The van der Waals surface area contributed by atoms with Gasteiger partial charge in [0.1, 0.15) is 17.9 Å². The van der Waals surface area contributed by atoms with E-state index in [-0.39, 0.29) is 18.9 Å². The van der Waals surface area contributed by atoms with E-state index in [9.17, 15) is 18.8 Å². The first-order valence-electron chi connectivity index (χ1n) is 10.7. The van der Waals surface area contributed by atoms with E-state index < -0.39 is 23.3 Å². The summed E-state index contributed by atoms with van der Waals surface area (Å²) in [6.07, 6.45) is 0.892. The number of imide groups is 1. The number of amides is 4. The highest BCUT2D eigenvalue weighted by Crippen LogP contribution is 2.34. The van der Waals surface area contributed by atoms with Crippen LogP contribution in [-0.4, -0.2) is 55.0 Å². The molecule has 0 spiro atoms. The minimum absolute atomic E-state index is 0.270. The van der Waals surface area contributed by atoms with Gasteiger partial charge in [0.15, 0.2) is 11.5 Å². The van der Waals surface area contributed by atoms with E-state index in [2.05, 4.69) is 5.32 Å². The Morgan fingerprint density at radius 2 is 1.73 bits per heavy atom. The van der Waals surface area contributed by atoms with Crippen LogP contribution in [0.25, 0.3) is 0 Å². The van der Waals surface area contributed by atoms with Crippen LogP contribution in [0.1, 0.15) is 30.0 Å². The zero-order valence-electron chi connectivity index (χ0n) is 18.8. The van der Waals surface area contributed by atoms with Crippen molar-refractivity contribution in [3.8, 4) is 11.5 Å². The van der Waals surface area contributed by atoms with Crippen molar-refractivity contribution in [1.82, 2.24) is 15.1 Å². The van der Waals surface area contributed by atoms with E-state index in [1.165, 1.54) is 24.3 Å². The number of urea groups is 1. The first-order valence-corrected chi connectivity index (χ1v) is 10.7. The van der Waals surface area contributed by atoms with E-state index >= 15 is 0 Å². The highest BCUT2D eigenvalue weighted by molar-refractivity contribution is 6.09. The molecule has 1 atom stereocenters. The molecule has 4 rings (SSSR count). The number of hydrogen-bond acceptors (Lipinski definition) is 5. The Labute approximate surface area is 191 Å². The number of carbonyl (C=O) groups is 3. The van der Waals surface area contributed by atoms with Gasteiger partial charge in [-0.2, -0.15) is 0 Å². The van der Waals surface area contributed by atoms with Gasteiger partial charge in [-0.15, -0.1) is 0 Å². The van der Waals surface area contributed by atoms with Crippen molar-refractivity contribution in [2.75, 3.05) is 27.3 Å². The van der Waals surface area contributed by atoms with E-state index in [0.29, 0.717) is 36.6 Å². The molecule has 1 fully saturated rings. The fourth-order valence-corrected chi connectivity index (χ4v) is 4.47. The van der Waals surface area contributed by atoms with Gasteiger partial charge in [0.25, 0.3) is 5.91 Å². The summed E-state index contributed by atoms with van der Waals surface area (Å²) < 4.78 is 24.1. The van der Waals surface area contributed by atoms with Crippen LogP contribution in [0, 0.1) is 5.82 Å². The molecular formula is C24H26FN3O5. The van der Waals surface area contributed by atoms with Crippen molar-refractivity contribution in [3.05, 3.63) is 58.9 Å². The van der Waals surface area contributed by atoms with Gasteiger partial charge in [-0.3, -0.25) is 14.5 Å². The molecule has 0 aliphatic carbocycles. The Kier molecular flexibility index (Phi) is 5.97. The molecule has 33 heavy (non-hydrogen) atoms. The average molecular weight is 455 g/mol. The van der Waals surface area contributed by atoms with E-state index in [1.807, 2.05) is 12.1 Å². The van der Waals surface area contributed by atoms with Crippen LogP contribution in [0.15, 0.2) is 36.4 Å². The first-order chi connectivity index (χ1) is 15.8. The number of nitrogens with zero attached hydrogens (tertiary/aromatic N) is 2. The largest absolute Gasteiger partial charge is 0.493 e. The normalized spacial score (nSPS) is 19.9. The zero-order valence-corrected chi connectivity index (χ0v) is 18.8. The number of nitrogens with one attached hydrogen (secondary N) is 1. The molecule has 8 nitrogen and oxygen atoms in total. The highest BCUT2D eigenvalue weighted by atomic mass is 19.1. The zero-order chi connectivity index (χ0) is 23.8. The van der Waals surface area contributed by atoms with Crippen LogP contribution < -0.4 is 14.8 Å². The number of fused-ring (bicyclic) bond motifs is 1. The topological polar surface area (TPSA) is 88.2 Å². The molecule has 174 valence electrons. The Morgan fingerprint density at radius 3 is 2.33 bits per heavy atom. The lowest BCUT2D eigenvalue weighted by Crippen LogP contribution is -2.46. The fraction of sp³-hybridized carbons (Fsp3) is 0.375. The summed E-state index contributed by atoms with van der Waals surface area (Å²) in [5.41, 5.74) is 1.16. The third-order valence-electron chi connectivity index (χ3n) is 6.41. The van der Waals surface area contributed by atoms with Crippen LogP contribution in [0.4, 0.5) is 9.18 Å². The lowest BCUT2D eigenvalue weighted by Gasteiger charge is -2.31. The Hall–Kier alpha value is -3.62. The molecular weight excluding hydrogens is 429 g/mol. The smallest absolute Gasteiger partial charge is 0.325 e. The first kappa shape index (κ1) is 22.6. The number of hydrogen-bond donors (Lipinski definition) is 1. The molecule has 0 radical (unpaired) electrons. The van der Waals surface area contributed by atoms with Crippen molar-refractivity contribution in [2.45, 2.75) is 31.8 Å². The van der Waals surface area contributed by atoms with Gasteiger partial charge < -0.3 is 19.7 Å². The third kappa shape index (κ3) is 3.88. The number of halogens is 1. The lowest BCUT2D eigenvalue weighted by atomic mass is 9.87. The van der Waals surface area contributed by atoms with Crippen molar-refractivity contribution in [3.63, 3.8) is 0 Å². The summed E-state index contributed by atoms with van der Waals surface area (Å²) in [5, 5.41) is 2.72. The van der Waals surface area contributed by atoms with Crippen molar-refractivity contribution < 1.29 is 28.2 Å². The van der Waals surface area contributed by atoms with E-state index in [1.54, 1.807) is 26.0 Å². The Balaban J connectivity index is 1.51. The van der Waals surface area contributed by atoms with Gasteiger partial charge in [-0.1, -0.05) is 19.1 Å². The molecule has 2 aliphatic heterocycles. The molecule has 2 aromatic carbocycles. The number of rotatable bonds is 6. The summed E-state index contributed by atoms with van der Waals surface area (Å²) >= 11 is 0. The third-order valence-corrected chi connectivity index (χ3v) is 6.41. The number of carbonyl (C=O) groups excluding carboxylic acids is 3. The maximum atomic E-state index is 13.4. The van der Waals surface area contributed by atoms with Gasteiger partial charge in [0.2, 0.25) is 5.91 Å². The number of ether oxygens (including phenoxy) is 2. The molecule has 2 heterocycles. The van der Waals surface area contributed by atoms with Crippen LogP contribution in [0.2, 0.25) is 0 Å². The van der Waals surface area contributed by atoms with Gasteiger partial charge in [-0.05, 0) is 53.8 Å². The van der Waals surface area contributed by atoms with Crippen molar-refractivity contribution in [2.24, 2.45) is 0 Å². The Morgan fingerprint density at radius 1 is 1.09 bits per heavy atom.